The molecule has 0 bridgehead atoms. The largest absolute Gasteiger partial charge is 0.313 e. The SMILES string of the molecule is C1=CCC(NCC2CC2c2ccccc2)C1. The Hall–Kier alpha value is -1.08. The summed E-state index contributed by atoms with van der Waals surface area (Å²) < 4.78 is 0. The highest BCUT2D eigenvalue weighted by atomic mass is 14.9. The molecule has 1 saturated carbocycles. The summed E-state index contributed by atoms with van der Waals surface area (Å²) in [6.07, 6.45) is 8.40. The summed E-state index contributed by atoms with van der Waals surface area (Å²) in [5.74, 6) is 1.70. The Morgan fingerprint density at radius 1 is 1.06 bits per heavy atom. The summed E-state index contributed by atoms with van der Waals surface area (Å²) in [7, 11) is 0. The van der Waals surface area contributed by atoms with E-state index < -0.39 is 0 Å². The lowest BCUT2D eigenvalue weighted by molar-refractivity contribution is 0.515. The maximum Gasteiger partial charge on any atom is 0.0136 e. The second-order valence-corrected chi connectivity index (χ2v) is 5.06. The second kappa shape index (κ2) is 4.42. The van der Waals surface area contributed by atoms with E-state index in [1.165, 1.54) is 31.4 Å². The Morgan fingerprint density at radius 2 is 1.81 bits per heavy atom. The zero-order valence-electron chi connectivity index (χ0n) is 9.60. The Labute approximate surface area is 97.6 Å². The molecule has 1 fully saturated rings. The van der Waals surface area contributed by atoms with Gasteiger partial charge in [0.1, 0.15) is 0 Å². The van der Waals surface area contributed by atoms with Crippen LogP contribution in [-0.2, 0) is 0 Å². The number of benzene rings is 1. The van der Waals surface area contributed by atoms with E-state index in [1.54, 1.807) is 0 Å². The van der Waals surface area contributed by atoms with E-state index in [4.69, 9.17) is 0 Å². The van der Waals surface area contributed by atoms with Crippen molar-refractivity contribution in [2.75, 3.05) is 6.54 Å². The maximum absolute atomic E-state index is 3.68. The Morgan fingerprint density at radius 3 is 2.56 bits per heavy atom. The van der Waals surface area contributed by atoms with Gasteiger partial charge in [-0.2, -0.15) is 0 Å². The van der Waals surface area contributed by atoms with Crippen molar-refractivity contribution in [2.45, 2.75) is 31.2 Å². The van der Waals surface area contributed by atoms with E-state index in [9.17, 15) is 0 Å². The highest BCUT2D eigenvalue weighted by Crippen LogP contribution is 2.46. The van der Waals surface area contributed by atoms with Crippen LogP contribution >= 0.6 is 0 Å². The molecule has 1 aromatic carbocycles. The molecule has 1 nitrogen and oxygen atoms in total. The van der Waals surface area contributed by atoms with Crippen LogP contribution in [0.15, 0.2) is 42.5 Å². The van der Waals surface area contributed by atoms with Gasteiger partial charge in [-0.15, -0.1) is 0 Å². The van der Waals surface area contributed by atoms with Crippen LogP contribution < -0.4 is 5.32 Å². The van der Waals surface area contributed by atoms with Crippen molar-refractivity contribution in [3.63, 3.8) is 0 Å². The fraction of sp³-hybridized carbons (Fsp3) is 0.467. The van der Waals surface area contributed by atoms with Crippen LogP contribution in [-0.4, -0.2) is 12.6 Å². The standard InChI is InChI=1S/C15H19N/c1-2-6-12(7-3-1)15-10-13(15)11-16-14-8-4-5-9-14/h1-7,13-16H,8-11H2. The first-order valence-electron chi connectivity index (χ1n) is 6.37. The summed E-state index contributed by atoms with van der Waals surface area (Å²) in [6.45, 7) is 1.20. The van der Waals surface area contributed by atoms with Gasteiger partial charge in [-0.1, -0.05) is 42.5 Å². The number of nitrogens with one attached hydrogen (secondary N) is 1. The van der Waals surface area contributed by atoms with Gasteiger partial charge in [-0.25, -0.2) is 0 Å². The molecular weight excluding hydrogens is 194 g/mol. The molecule has 0 amide bonds. The lowest BCUT2D eigenvalue weighted by Gasteiger charge is -2.11. The van der Waals surface area contributed by atoms with Crippen molar-refractivity contribution in [3.05, 3.63) is 48.0 Å². The van der Waals surface area contributed by atoms with Gasteiger partial charge in [0.25, 0.3) is 0 Å². The Bertz CT molecular complexity index is 360. The van der Waals surface area contributed by atoms with Crippen LogP contribution in [0.5, 0.6) is 0 Å². The molecule has 0 heterocycles. The average Bonchev–Trinajstić information content (AvgIpc) is 2.93. The van der Waals surface area contributed by atoms with Gasteiger partial charge in [-0.05, 0) is 43.2 Å². The smallest absolute Gasteiger partial charge is 0.0136 e. The third kappa shape index (κ3) is 2.19. The molecule has 1 aromatic rings. The van der Waals surface area contributed by atoms with Gasteiger partial charge in [0.2, 0.25) is 0 Å². The minimum atomic E-state index is 0.719. The quantitative estimate of drug-likeness (QED) is 0.758. The molecule has 2 atom stereocenters. The Balaban J connectivity index is 1.46. The van der Waals surface area contributed by atoms with Crippen molar-refractivity contribution in [2.24, 2.45) is 5.92 Å². The number of hydrogen-bond donors (Lipinski definition) is 1. The number of rotatable bonds is 4. The first-order chi connectivity index (χ1) is 7.93. The molecule has 0 aromatic heterocycles. The van der Waals surface area contributed by atoms with Gasteiger partial charge >= 0.3 is 0 Å². The summed E-state index contributed by atoms with van der Waals surface area (Å²) in [6, 6.07) is 11.7. The topological polar surface area (TPSA) is 12.0 Å². The summed E-state index contributed by atoms with van der Waals surface area (Å²) in [5.41, 5.74) is 1.53. The molecule has 2 unspecified atom stereocenters. The van der Waals surface area contributed by atoms with E-state index in [2.05, 4.69) is 47.8 Å². The monoisotopic (exact) mass is 213 g/mol. The van der Waals surface area contributed by atoms with E-state index in [1.807, 2.05) is 0 Å². The van der Waals surface area contributed by atoms with Gasteiger partial charge < -0.3 is 5.32 Å². The summed E-state index contributed by atoms with van der Waals surface area (Å²) in [4.78, 5) is 0. The third-order valence-corrected chi connectivity index (χ3v) is 3.83. The summed E-state index contributed by atoms with van der Waals surface area (Å²) >= 11 is 0. The van der Waals surface area contributed by atoms with Crippen molar-refractivity contribution < 1.29 is 0 Å². The molecule has 0 saturated heterocycles. The third-order valence-electron chi connectivity index (χ3n) is 3.83. The van der Waals surface area contributed by atoms with Crippen LogP contribution in [0.2, 0.25) is 0 Å². The zero-order valence-corrected chi connectivity index (χ0v) is 9.60. The van der Waals surface area contributed by atoms with Crippen LogP contribution in [0.4, 0.5) is 0 Å². The van der Waals surface area contributed by atoms with E-state index in [-0.39, 0.29) is 0 Å². The highest BCUT2D eigenvalue weighted by molar-refractivity contribution is 5.25. The molecule has 2 aliphatic rings. The van der Waals surface area contributed by atoms with Gasteiger partial charge in [0, 0.05) is 6.04 Å². The minimum Gasteiger partial charge on any atom is -0.313 e. The maximum atomic E-state index is 3.68. The van der Waals surface area contributed by atoms with E-state index >= 15 is 0 Å². The summed E-state index contributed by atoms with van der Waals surface area (Å²) in [5, 5.41) is 3.68. The number of hydrogen-bond acceptors (Lipinski definition) is 1. The molecular formula is C15H19N. The molecule has 3 rings (SSSR count). The van der Waals surface area contributed by atoms with Crippen LogP contribution in [0.3, 0.4) is 0 Å². The lowest BCUT2D eigenvalue weighted by atomic mass is 10.1. The van der Waals surface area contributed by atoms with Crippen molar-refractivity contribution >= 4 is 0 Å². The average molecular weight is 213 g/mol. The first-order valence-corrected chi connectivity index (χ1v) is 6.37. The fourth-order valence-electron chi connectivity index (χ4n) is 2.68. The lowest BCUT2D eigenvalue weighted by Crippen LogP contribution is -2.28. The van der Waals surface area contributed by atoms with Gasteiger partial charge in [-0.3, -0.25) is 0 Å². The van der Waals surface area contributed by atoms with Gasteiger partial charge in [0.15, 0.2) is 0 Å². The Kier molecular flexibility index (Phi) is 2.79. The van der Waals surface area contributed by atoms with Crippen molar-refractivity contribution in [1.29, 1.82) is 0 Å². The van der Waals surface area contributed by atoms with E-state index in [0.29, 0.717) is 0 Å². The highest BCUT2D eigenvalue weighted by Gasteiger charge is 2.37. The predicted molar refractivity (Wildman–Crippen MR) is 67.5 cm³/mol. The molecule has 0 radical (unpaired) electrons. The molecule has 84 valence electrons. The van der Waals surface area contributed by atoms with Gasteiger partial charge in [0.05, 0.1) is 0 Å². The van der Waals surface area contributed by atoms with E-state index in [0.717, 1.165) is 17.9 Å². The molecule has 2 aliphatic carbocycles. The molecule has 1 N–H and O–H groups in total. The molecule has 0 spiro atoms. The minimum absolute atomic E-state index is 0.719. The normalized spacial score (nSPS) is 28.5. The molecule has 0 aliphatic heterocycles. The molecule has 16 heavy (non-hydrogen) atoms. The first kappa shape index (κ1) is 10.1. The zero-order chi connectivity index (χ0) is 10.8. The second-order valence-electron chi connectivity index (χ2n) is 5.06. The fourth-order valence-corrected chi connectivity index (χ4v) is 2.68. The van der Waals surface area contributed by atoms with Crippen LogP contribution in [0, 0.1) is 5.92 Å². The predicted octanol–water partition coefficient (Wildman–Crippen LogP) is 3.10. The van der Waals surface area contributed by atoms with Crippen LogP contribution in [0.1, 0.15) is 30.7 Å². The van der Waals surface area contributed by atoms with Crippen molar-refractivity contribution in [1.82, 2.24) is 5.32 Å². The molecule has 1 heteroatoms. The van der Waals surface area contributed by atoms with Crippen LogP contribution in [0.25, 0.3) is 0 Å². The van der Waals surface area contributed by atoms with Crippen molar-refractivity contribution in [3.8, 4) is 0 Å².